The number of carbonyl (C=O) groups excluding carboxylic acids is 1. The molecule has 16 heavy (non-hydrogen) atoms. The Hall–Kier alpha value is -1.29. The first-order valence-corrected chi connectivity index (χ1v) is 6.60. The Kier molecular flexibility index (Phi) is 2.44. The van der Waals surface area contributed by atoms with Crippen LogP contribution in [0.1, 0.15) is 24.8 Å². The average molecular weight is 234 g/mol. The molecular weight excluding hydrogens is 220 g/mol. The highest BCUT2D eigenvalue weighted by Crippen LogP contribution is 2.30. The quantitative estimate of drug-likeness (QED) is 0.806. The molecule has 4 heteroatoms. The number of nitrogens with one attached hydrogen (secondary N) is 1. The molecule has 1 atom stereocenters. The molecule has 0 saturated carbocycles. The maximum absolute atomic E-state index is 11.6. The molecule has 0 spiro atoms. The number of fused-ring (bicyclic) bond motifs is 1. The normalized spacial score (nSPS) is 24.8. The standard InChI is InChI=1S/C12H14N2OS/c15-12-7-10(9-4-6-16-8-9)14-5-2-1-3-11(14)13-12/h4,6-8,11H,1-3,5H2,(H,13,15). The molecule has 0 aromatic carbocycles. The predicted molar refractivity (Wildman–Crippen MR) is 64.8 cm³/mol. The van der Waals surface area contributed by atoms with Crippen LogP contribution in [0.15, 0.2) is 22.9 Å². The summed E-state index contributed by atoms with van der Waals surface area (Å²) in [6, 6.07) is 2.08. The summed E-state index contributed by atoms with van der Waals surface area (Å²) < 4.78 is 0. The van der Waals surface area contributed by atoms with Gasteiger partial charge < -0.3 is 10.2 Å². The Labute approximate surface area is 98.8 Å². The van der Waals surface area contributed by atoms with E-state index >= 15 is 0 Å². The number of piperidine rings is 1. The van der Waals surface area contributed by atoms with Crippen LogP contribution in [0.3, 0.4) is 0 Å². The zero-order chi connectivity index (χ0) is 11.0. The van der Waals surface area contributed by atoms with Crippen molar-refractivity contribution in [3.63, 3.8) is 0 Å². The molecule has 2 aliphatic rings. The van der Waals surface area contributed by atoms with Crippen molar-refractivity contribution in [1.29, 1.82) is 0 Å². The van der Waals surface area contributed by atoms with Crippen molar-refractivity contribution >= 4 is 22.9 Å². The van der Waals surface area contributed by atoms with E-state index in [2.05, 4.69) is 27.0 Å². The van der Waals surface area contributed by atoms with Gasteiger partial charge in [0.1, 0.15) is 6.17 Å². The number of amides is 1. The van der Waals surface area contributed by atoms with Gasteiger partial charge in [-0.1, -0.05) is 0 Å². The SMILES string of the molecule is O=C1C=C(c2ccsc2)N2CCCCC2N1. The largest absolute Gasteiger partial charge is 0.351 e. The molecule has 1 aromatic rings. The zero-order valence-electron chi connectivity index (χ0n) is 8.98. The van der Waals surface area contributed by atoms with Gasteiger partial charge in [0.25, 0.3) is 0 Å². The van der Waals surface area contributed by atoms with E-state index in [1.165, 1.54) is 18.4 Å². The van der Waals surface area contributed by atoms with Crippen LogP contribution in [0.25, 0.3) is 5.70 Å². The van der Waals surface area contributed by atoms with E-state index in [0.29, 0.717) is 0 Å². The third-order valence-electron chi connectivity index (χ3n) is 3.21. The second-order valence-corrected chi connectivity index (χ2v) is 5.04. The smallest absolute Gasteiger partial charge is 0.247 e. The Morgan fingerprint density at radius 2 is 2.38 bits per heavy atom. The lowest BCUT2D eigenvalue weighted by molar-refractivity contribution is -0.119. The maximum atomic E-state index is 11.6. The summed E-state index contributed by atoms with van der Waals surface area (Å²) in [5.74, 6) is 0.0457. The van der Waals surface area contributed by atoms with E-state index < -0.39 is 0 Å². The van der Waals surface area contributed by atoms with Gasteiger partial charge in [-0.15, -0.1) is 0 Å². The van der Waals surface area contributed by atoms with E-state index in [9.17, 15) is 4.79 Å². The molecule has 1 amide bonds. The second kappa shape index (κ2) is 3.94. The van der Waals surface area contributed by atoms with E-state index in [1.54, 1.807) is 17.4 Å². The molecule has 0 radical (unpaired) electrons. The Bertz CT molecular complexity index is 424. The van der Waals surface area contributed by atoms with Crippen LogP contribution in [0.5, 0.6) is 0 Å². The fourth-order valence-corrected chi connectivity index (χ4v) is 3.09. The van der Waals surface area contributed by atoms with Gasteiger partial charge >= 0.3 is 0 Å². The average Bonchev–Trinajstić information content (AvgIpc) is 2.81. The molecule has 1 fully saturated rings. The van der Waals surface area contributed by atoms with Crippen molar-refractivity contribution in [3.8, 4) is 0 Å². The van der Waals surface area contributed by atoms with Gasteiger partial charge in [0.05, 0.1) is 5.70 Å². The number of rotatable bonds is 1. The van der Waals surface area contributed by atoms with Gasteiger partial charge in [-0.2, -0.15) is 11.3 Å². The van der Waals surface area contributed by atoms with Crippen LogP contribution in [-0.2, 0) is 4.79 Å². The molecule has 2 aliphatic heterocycles. The van der Waals surface area contributed by atoms with Gasteiger partial charge in [-0.25, -0.2) is 0 Å². The van der Waals surface area contributed by atoms with Crippen LogP contribution in [-0.4, -0.2) is 23.5 Å². The molecule has 3 heterocycles. The highest BCUT2D eigenvalue weighted by Gasteiger charge is 2.29. The van der Waals surface area contributed by atoms with Crippen molar-refractivity contribution in [1.82, 2.24) is 10.2 Å². The highest BCUT2D eigenvalue weighted by atomic mass is 32.1. The highest BCUT2D eigenvalue weighted by molar-refractivity contribution is 7.08. The number of hydrogen-bond acceptors (Lipinski definition) is 3. The van der Waals surface area contributed by atoms with Gasteiger partial charge in [-0.3, -0.25) is 4.79 Å². The van der Waals surface area contributed by atoms with Crippen LogP contribution >= 0.6 is 11.3 Å². The second-order valence-electron chi connectivity index (χ2n) is 4.26. The molecule has 1 N–H and O–H groups in total. The molecule has 0 aliphatic carbocycles. The van der Waals surface area contributed by atoms with Crippen molar-refractivity contribution in [2.75, 3.05) is 6.54 Å². The van der Waals surface area contributed by atoms with E-state index in [-0.39, 0.29) is 12.1 Å². The molecule has 1 saturated heterocycles. The van der Waals surface area contributed by atoms with E-state index in [4.69, 9.17) is 0 Å². The summed E-state index contributed by atoms with van der Waals surface area (Å²) in [6.07, 6.45) is 5.42. The van der Waals surface area contributed by atoms with E-state index in [1.807, 2.05) is 0 Å². The Morgan fingerprint density at radius 3 is 3.19 bits per heavy atom. The van der Waals surface area contributed by atoms with Crippen molar-refractivity contribution in [2.45, 2.75) is 25.4 Å². The molecule has 3 nitrogen and oxygen atoms in total. The molecule has 1 aromatic heterocycles. The first-order valence-electron chi connectivity index (χ1n) is 5.66. The fraction of sp³-hybridized carbons (Fsp3) is 0.417. The van der Waals surface area contributed by atoms with Crippen molar-refractivity contribution in [2.24, 2.45) is 0 Å². The van der Waals surface area contributed by atoms with Gasteiger partial charge in [0.15, 0.2) is 0 Å². The Morgan fingerprint density at radius 1 is 1.44 bits per heavy atom. The lowest BCUT2D eigenvalue weighted by Crippen LogP contribution is -2.52. The third kappa shape index (κ3) is 1.63. The lowest BCUT2D eigenvalue weighted by atomic mass is 10.0. The number of hydrogen-bond donors (Lipinski definition) is 1. The van der Waals surface area contributed by atoms with Crippen molar-refractivity contribution in [3.05, 3.63) is 28.5 Å². The van der Waals surface area contributed by atoms with Gasteiger partial charge in [-0.05, 0) is 30.7 Å². The molecular formula is C12H14N2OS. The van der Waals surface area contributed by atoms with Gasteiger partial charge in [0, 0.05) is 23.6 Å². The number of carbonyl (C=O) groups is 1. The minimum absolute atomic E-state index is 0.0457. The van der Waals surface area contributed by atoms with E-state index in [0.717, 1.165) is 18.7 Å². The first-order chi connectivity index (χ1) is 7.84. The number of thiophene rings is 1. The topological polar surface area (TPSA) is 32.3 Å². The predicted octanol–water partition coefficient (Wildman–Crippen LogP) is 2.03. The molecule has 1 unspecified atom stereocenters. The van der Waals surface area contributed by atoms with Crippen LogP contribution in [0.4, 0.5) is 0 Å². The molecule has 3 rings (SSSR count). The lowest BCUT2D eigenvalue weighted by Gasteiger charge is -2.41. The monoisotopic (exact) mass is 234 g/mol. The molecule has 0 bridgehead atoms. The summed E-state index contributed by atoms with van der Waals surface area (Å²) in [6.45, 7) is 1.05. The third-order valence-corrected chi connectivity index (χ3v) is 3.89. The van der Waals surface area contributed by atoms with Crippen LogP contribution < -0.4 is 5.32 Å². The van der Waals surface area contributed by atoms with Crippen molar-refractivity contribution < 1.29 is 4.79 Å². The Balaban J connectivity index is 1.97. The summed E-state index contributed by atoms with van der Waals surface area (Å²) in [4.78, 5) is 13.9. The minimum Gasteiger partial charge on any atom is -0.351 e. The molecule has 84 valence electrons. The minimum atomic E-state index is 0.0457. The van der Waals surface area contributed by atoms with Gasteiger partial charge in [0.2, 0.25) is 5.91 Å². The summed E-state index contributed by atoms with van der Waals surface area (Å²) in [7, 11) is 0. The van der Waals surface area contributed by atoms with Crippen LogP contribution in [0.2, 0.25) is 0 Å². The number of nitrogens with zero attached hydrogens (tertiary/aromatic N) is 1. The van der Waals surface area contributed by atoms with Crippen LogP contribution in [0, 0.1) is 0 Å². The summed E-state index contributed by atoms with van der Waals surface area (Å²) in [5.41, 5.74) is 2.27. The summed E-state index contributed by atoms with van der Waals surface area (Å²) >= 11 is 1.67. The maximum Gasteiger partial charge on any atom is 0.247 e. The fourth-order valence-electron chi connectivity index (χ4n) is 2.44. The first kappa shape index (κ1) is 9.90. The summed E-state index contributed by atoms with van der Waals surface area (Å²) in [5, 5.41) is 7.19. The zero-order valence-corrected chi connectivity index (χ0v) is 9.80.